The van der Waals surface area contributed by atoms with Gasteiger partial charge in [0, 0.05) is 6.54 Å². The quantitative estimate of drug-likeness (QED) is 0.775. The van der Waals surface area contributed by atoms with Crippen LogP contribution in [0.25, 0.3) is 11.0 Å². The Morgan fingerprint density at radius 1 is 1.04 bits per heavy atom. The molecule has 0 radical (unpaired) electrons. The molecule has 2 N–H and O–H groups in total. The van der Waals surface area contributed by atoms with Crippen molar-refractivity contribution in [3.63, 3.8) is 0 Å². The lowest BCUT2D eigenvalue weighted by molar-refractivity contribution is 0.605. The fraction of sp³-hybridized carbons (Fsp3) is 0.350. The van der Waals surface area contributed by atoms with E-state index in [9.17, 15) is 0 Å². The van der Waals surface area contributed by atoms with Gasteiger partial charge >= 0.3 is 0 Å². The lowest BCUT2D eigenvalue weighted by atomic mass is 10.1. The van der Waals surface area contributed by atoms with Crippen molar-refractivity contribution in [3.05, 3.63) is 64.5 Å². The van der Waals surface area contributed by atoms with Gasteiger partial charge in [-0.2, -0.15) is 0 Å². The van der Waals surface area contributed by atoms with Crippen LogP contribution in [-0.4, -0.2) is 9.55 Å². The predicted octanol–water partition coefficient (Wildman–Crippen LogP) is 4.42. The van der Waals surface area contributed by atoms with Crippen molar-refractivity contribution in [3.8, 4) is 0 Å². The second-order valence-electron chi connectivity index (χ2n) is 6.48. The van der Waals surface area contributed by atoms with E-state index in [1.807, 2.05) is 0 Å². The van der Waals surface area contributed by atoms with E-state index in [2.05, 4.69) is 68.7 Å². The summed E-state index contributed by atoms with van der Waals surface area (Å²) in [5.74, 6) is 0.980. The molecule has 0 aliphatic rings. The summed E-state index contributed by atoms with van der Waals surface area (Å²) < 4.78 is 2.28. The van der Waals surface area contributed by atoms with Gasteiger partial charge in [0.2, 0.25) is 0 Å². The van der Waals surface area contributed by atoms with E-state index in [0.29, 0.717) is 0 Å². The van der Waals surface area contributed by atoms with Crippen LogP contribution in [0.5, 0.6) is 0 Å². The van der Waals surface area contributed by atoms with Gasteiger partial charge in [0.25, 0.3) is 0 Å². The first-order chi connectivity index (χ1) is 11.0. The summed E-state index contributed by atoms with van der Waals surface area (Å²) in [5.41, 5.74) is 13.7. The molecule has 0 amide bonds. The van der Waals surface area contributed by atoms with Crippen LogP contribution in [0.4, 0.5) is 0 Å². The maximum Gasteiger partial charge on any atom is 0.127 e. The second-order valence-corrected chi connectivity index (χ2v) is 6.48. The van der Waals surface area contributed by atoms with Crippen LogP contribution in [0.3, 0.4) is 0 Å². The Kier molecular flexibility index (Phi) is 4.22. The Morgan fingerprint density at radius 2 is 1.70 bits per heavy atom. The van der Waals surface area contributed by atoms with Gasteiger partial charge in [-0.15, -0.1) is 0 Å². The number of aryl methyl sites for hydroxylation is 3. The van der Waals surface area contributed by atoms with Crippen molar-refractivity contribution in [2.24, 2.45) is 5.73 Å². The SMILES string of the molecule is CCC(N)c1nc2cc(C)c(C)cc2n1Cc1ccc(C)cc1. The zero-order valence-electron chi connectivity index (χ0n) is 14.4. The molecular weight excluding hydrogens is 282 g/mol. The van der Waals surface area contributed by atoms with E-state index in [-0.39, 0.29) is 6.04 Å². The monoisotopic (exact) mass is 307 g/mol. The molecule has 0 saturated carbocycles. The molecule has 3 aromatic rings. The lowest BCUT2D eigenvalue weighted by Crippen LogP contribution is -2.16. The van der Waals surface area contributed by atoms with Crippen LogP contribution >= 0.6 is 0 Å². The van der Waals surface area contributed by atoms with Gasteiger partial charge in [0.15, 0.2) is 0 Å². The fourth-order valence-electron chi connectivity index (χ4n) is 2.91. The standard InChI is InChI=1S/C20H25N3/c1-5-17(21)20-22-18-10-14(3)15(4)11-19(18)23(20)12-16-8-6-13(2)7-9-16/h6-11,17H,5,12,21H2,1-4H3. The van der Waals surface area contributed by atoms with Crippen LogP contribution in [0, 0.1) is 20.8 Å². The molecule has 1 atom stereocenters. The average molecular weight is 307 g/mol. The van der Waals surface area contributed by atoms with Gasteiger partial charge in [-0.05, 0) is 56.0 Å². The molecule has 23 heavy (non-hydrogen) atoms. The smallest absolute Gasteiger partial charge is 0.127 e. The van der Waals surface area contributed by atoms with Gasteiger partial charge in [-0.25, -0.2) is 4.98 Å². The summed E-state index contributed by atoms with van der Waals surface area (Å²) in [7, 11) is 0. The number of imidazole rings is 1. The van der Waals surface area contributed by atoms with Gasteiger partial charge in [-0.1, -0.05) is 36.8 Å². The Hall–Kier alpha value is -2.13. The summed E-state index contributed by atoms with van der Waals surface area (Å²) >= 11 is 0. The molecule has 0 aliphatic heterocycles. The van der Waals surface area contributed by atoms with E-state index in [0.717, 1.165) is 24.3 Å². The van der Waals surface area contributed by atoms with E-state index in [4.69, 9.17) is 10.7 Å². The molecule has 1 unspecified atom stereocenters. The first-order valence-electron chi connectivity index (χ1n) is 8.28. The number of aromatic nitrogens is 2. The number of fused-ring (bicyclic) bond motifs is 1. The van der Waals surface area contributed by atoms with Crippen molar-refractivity contribution < 1.29 is 0 Å². The van der Waals surface area contributed by atoms with Crippen molar-refractivity contribution in [1.82, 2.24) is 9.55 Å². The lowest BCUT2D eigenvalue weighted by Gasteiger charge is -2.14. The Labute approximate surface area is 138 Å². The minimum atomic E-state index is -0.0338. The second kappa shape index (κ2) is 6.17. The summed E-state index contributed by atoms with van der Waals surface area (Å²) in [4.78, 5) is 4.84. The molecule has 3 heteroatoms. The molecule has 3 rings (SSSR count). The minimum absolute atomic E-state index is 0.0338. The molecule has 0 fully saturated rings. The zero-order chi connectivity index (χ0) is 16.6. The molecule has 2 aromatic carbocycles. The van der Waals surface area contributed by atoms with Crippen molar-refractivity contribution in [1.29, 1.82) is 0 Å². The van der Waals surface area contributed by atoms with E-state index in [1.54, 1.807) is 0 Å². The molecule has 1 heterocycles. The molecule has 0 spiro atoms. The largest absolute Gasteiger partial charge is 0.322 e. The maximum atomic E-state index is 6.33. The maximum absolute atomic E-state index is 6.33. The van der Waals surface area contributed by atoms with Crippen LogP contribution in [0.1, 0.15) is 47.5 Å². The van der Waals surface area contributed by atoms with Gasteiger partial charge in [0.1, 0.15) is 5.82 Å². The molecular formula is C20H25N3. The van der Waals surface area contributed by atoms with Crippen molar-refractivity contribution >= 4 is 11.0 Å². The summed E-state index contributed by atoms with van der Waals surface area (Å²) in [5, 5.41) is 0. The van der Waals surface area contributed by atoms with Gasteiger partial charge < -0.3 is 10.3 Å². The molecule has 0 saturated heterocycles. The molecule has 0 aliphatic carbocycles. The first-order valence-corrected chi connectivity index (χ1v) is 8.28. The minimum Gasteiger partial charge on any atom is -0.322 e. The number of nitrogens with two attached hydrogens (primary N) is 1. The van der Waals surface area contributed by atoms with Crippen LogP contribution in [-0.2, 0) is 6.54 Å². The van der Waals surface area contributed by atoms with Crippen molar-refractivity contribution in [2.45, 2.75) is 46.7 Å². The van der Waals surface area contributed by atoms with Crippen molar-refractivity contribution in [2.75, 3.05) is 0 Å². The van der Waals surface area contributed by atoms with Gasteiger partial charge in [-0.3, -0.25) is 0 Å². The Bertz CT molecular complexity index is 828. The molecule has 0 bridgehead atoms. The molecule has 120 valence electrons. The van der Waals surface area contributed by atoms with Crippen LogP contribution in [0.15, 0.2) is 36.4 Å². The number of benzene rings is 2. The van der Waals surface area contributed by atoms with E-state index >= 15 is 0 Å². The zero-order valence-corrected chi connectivity index (χ0v) is 14.4. The number of nitrogens with zero attached hydrogens (tertiary/aromatic N) is 2. The highest BCUT2D eigenvalue weighted by Crippen LogP contribution is 2.25. The third kappa shape index (κ3) is 3.02. The third-order valence-corrected chi connectivity index (χ3v) is 4.63. The topological polar surface area (TPSA) is 43.8 Å². The first kappa shape index (κ1) is 15.8. The summed E-state index contributed by atoms with van der Waals surface area (Å²) in [6.07, 6.45) is 0.884. The fourth-order valence-corrected chi connectivity index (χ4v) is 2.91. The van der Waals surface area contributed by atoms with Gasteiger partial charge in [0.05, 0.1) is 17.1 Å². The average Bonchev–Trinajstić information content (AvgIpc) is 2.87. The van der Waals surface area contributed by atoms with Crippen LogP contribution < -0.4 is 5.73 Å². The normalized spacial score (nSPS) is 12.7. The number of hydrogen-bond donors (Lipinski definition) is 1. The van der Waals surface area contributed by atoms with Crippen LogP contribution in [0.2, 0.25) is 0 Å². The highest BCUT2D eigenvalue weighted by atomic mass is 15.1. The molecule has 1 aromatic heterocycles. The highest BCUT2D eigenvalue weighted by Gasteiger charge is 2.17. The highest BCUT2D eigenvalue weighted by molar-refractivity contribution is 5.78. The number of rotatable bonds is 4. The number of hydrogen-bond acceptors (Lipinski definition) is 2. The molecule has 3 nitrogen and oxygen atoms in total. The third-order valence-electron chi connectivity index (χ3n) is 4.63. The van der Waals surface area contributed by atoms with E-state index < -0.39 is 0 Å². The summed E-state index contributed by atoms with van der Waals surface area (Å²) in [6.45, 7) is 9.31. The van der Waals surface area contributed by atoms with E-state index in [1.165, 1.54) is 27.8 Å². The Morgan fingerprint density at radius 3 is 2.35 bits per heavy atom. The Balaban J connectivity index is 2.14. The summed E-state index contributed by atoms with van der Waals surface area (Å²) in [6, 6.07) is 13.0. The predicted molar refractivity (Wildman–Crippen MR) is 96.7 cm³/mol.